The molecule has 134 valence electrons. The minimum absolute atomic E-state index is 0.0588. The number of pyridine rings is 1. The number of rotatable bonds is 5. The van der Waals surface area contributed by atoms with Crippen molar-refractivity contribution in [2.24, 2.45) is 0 Å². The molecule has 26 heavy (non-hydrogen) atoms. The molecule has 7 nitrogen and oxygen atoms in total. The van der Waals surface area contributed by atoms with E-state index in [-0.39, 0.29) is 30.3 Å². The minimum atomic E-state index is -0.475. The van der Waals surface area contributed by atoms with Gasteiger partial charge in [-0.15, -0.1) is 0 Å². The van der Waals surface area contributed by atoms with Crippen molar-refractivity contribution < 1.29 is 19.1 Å². The number of carbonyl (C=O) groups is 1. The highest BCUT2D eigenvalue weighted by atomic mass is 16.5. The average molecular weight is 354 g/mol. The summed E-state index contributed by atoms with van der Waals surface area (Å²) in [7, 11) is 1.54. The molecule has 0 unspecified atom stereocenters. The van der Waals surface area contributed by atoms with Crippen LogP contribution in [0.2, 0.25) is 0 Å². The van der Waals surface area contributed by atoms with Crippen LogP contribution < -0.4 is 15.7 Å². The molecule has 7 heteroatoms. The molecule has 2 N–H and O–H groups in total. The van der Waals surface area contributed by atoms with Gasteiger partial charge in [0.25, 0.3) is 0 Å². The topological polar surface area (TPSA) is 102 Å². The normalized spacial score (nSPS) is 10.7. The number of hydrogen-bond acceptors (Lipinski definition) is 6. The Morgan fingerprint density at radius 1 is 1.35 bits per heavy atom. The summed E-state index contributed by atoms with van der Waals surface area (Å²) in [4.78, 5) is 28.3. The number of anilines is 1. The van der Waals surface area contributed by atoms with Crippen molar-refractivity contribution in [2.75, 3.05) is 12.4 Å². The minimum Gasteiger partial charge on any atom is -0.504 e. The summed E-state index contributed by atoms with van der Waals surface area (Å²) >= 11 is 0. The molecule has 0 saturated heterocycles. The molecule has 0 aliphatic heterocycles. The van der Waals surface area contributed by atoms with E-state index in [0.29, 0.717) is 16.9 Å². The van der Waals surface area contributed by atoms with Gasteiger partial charge in [-0.05, 0) is 43.2 Å². The van der Waals surface area contributed by atoms with Crippen LogP contribution in [-0.4, -0.2) is 23.1 Å². The second kappa shape index (κ2) is 7.26. The van der Waals surface area contributed by atoms with Gasteiger partial charge in [0.1, 0.15) is 11.3 Å². The summed E-state index contributed by atoms with van der Waals surface area (Å²) in [6, 6.07) is 8.25. The van der Waals surface area contributed by atoms with Crippen LogP contribution in [0.25, 0.3) is 11.0 Å². The van der Waals surface area contributed by atoms with Gasteiger partial charge in [-0.1, -0.05) is 0 Å². The second-order valence-electron chi connectivity index (χ2n) is 5.77. The van der Waals surface area contributed by atoms with Gasteiger partial charge in [0, 0.05) is 29.6 Å². The number of carbonyl (C=O) groups excluding carboxylic acids is 1. The molecule has 0 spiro atoms. The van der Waals surface area contributed by atoms with Crippen molar-refractivity contribution in [2.45, 2.75) is 19.8 Å². The number of aromatic hydroxyl groups is 1. The molecule has 3 aromatic rings. The van der Waals surface area contributed by atoms with Crippen LogP contribution in [0.15, 0.2) is 45.7 Å². The lowest BCUT2D eigenvalue weighted by Crippen LogP contribution is -2.17. The molecule has 0 fully saturated rings. The molecule has 1 aromatic carbocycles. The number of methoxy groups -OCH3 is 1. The first-order valence-electron chi connectivity index (χ1n) is 8.03. The number of amides is 1. The summed E-state index contributed by atoms with van der Waals surface area (Å²) in [6.45, 7) is 1.82. The van der Waals surface area contributed by atoms with E-state index in [1.807, 2.05) is 13.0 Å². The summed E-state index contributed by atoms with van der Waals surface area (Å²) < 4.78 is 10.5. The standard InChI is InChI=1S/C19H18N2O5/c1-11-13-6-5-12(25-2)10-16(13)26-19(24)14(11)7-8-17(23)21-18-15(22)4-3-9-20-18/h3-6,9-10,22H,7-8H2,1-2H3,(H,20,21,23). The third-order valence-corrected chi connectivity index (χ3v) is 4.14. The molecule has 2 heterocycles. The molecule has 0 bridgehead atoms. The summed E-state index contributed by atoms with van der Waals surface area (Å²) in [6.07, 6.45) is 1.74. The van der Waals surface area contributed by atoms with E-state index in [0.717, 1.165) is 10.9 Å². The molecule has 0 atom stereocenters. The highest BCUT2D eigenvalue weighted by Crippen LogP contribution is 2.24. The second-order valence-corrected chi connectivity index (χ2v) is 5.77. The zero-order valence-corrected chi connectivity index (χ0v) is 14.4. The van der Waals surface area contributed by atoms with Crippen molar-refractivity contribution in [3.63, 3.8) is 0 Å². The number of nitrogens with one attached hydrogen (secondary N) is 1. The Hall–Kier alpha value is -3.35. The Bertz CT molecular complexity index is 1030. The molecule has 0 aliphatic carbocycles. The number of aromatic nitrogens is 1. The zero-order valence-electron chi connectivity index (χ0n) is 14.4. The third-order valence-electron chi connectivity index (χ3n) is 4.14. The molecular formula is C19H18N2O5. The summed E-state index contributed by atoms with van der Waals surface area (Å²) in [5.41, 5.74) is 1.19. The molecule has 2 aromatic heterocycles. The smallest absolute Gasteiger partial charge is 0.339 e. The average Bonchev–Trinajstić information content (AvgIpc) is 2.63. The zero-order chi connectivity index (χ0) is 18.7. The Kier molecular flexibility index (Phi) is 4.88. The summed E-state index contributed by atoms with van der Waals surface area (Å²) in [5, 5.41) is 13.0. The maximum absolute atomic E-state index is 12.3. The monoisotopic (exact) mass is 354 g/mol. The number of fused-ring (bicyclic) bond motifs is 1. The molecule has 0 radical (unpaired) electrons. The Labute approximate surface area is 149 Å². The molecule has 0 aliphatic rings. The SMILES string of the molecule is COc1ccc2c(C)c(CCC(=O)Nc3ncccc3O)c(=O)oc2c1. The largest absolute Gasteiger partial charge is 0.504 e. The van der Waals surface area contributed by atoms with E-state index in [2.05, 4.69) is 10.3 Å². The van der Waals surface area contributed by atoms with Gasteiger partial charge in [-0.25, -0.2) is 9.78 Å². The fourth-order valence-electron chi connectivity index (χ4n) is 2.72. The van der Waals surface area contributed by atoms with Crippen molar-refractivity contribution >= 4 is 22.7 Å². The Balaban J connectivity index is 1.79. The Morgan fingerprint density at radius 3 is 2.88 bits per heavy atom. The molecule has 3 rings (SSSR count). The number of ether oxygens (including phenoxy) is 1. The molecular weight excluding hydrogens is 336 g/mol. The first-order valence-corrected chi connectivity index (χ1v) is 8.03. The summed E-state index contributed by atoms with van der Waals surface area (Å²) in [5.74, 6) is 0.220. The van der Waals surface area contributed by atoms with Crippen LogP contribution in [0.1, 0.15) is 17.5 Å². The van der Waals surface area contributed by atoms with E-state index in [4.69, 9.17) is 9.15 Å². The van der Waals surface area contributed by atoms with Gasteiger partial charge in [-0.3, -0.25) is 4.79 Å². The van der Waals surface area contributed by atoms with Gasteiger partial charge in [0.05, 0.1) is 7.11 Å². The lowest BCUT2D eigenvalue weighted by Gasteiger charge is -2.09. The molecule has 0 saturated carbocycles. The van der Waals surface area contributed by atoms with E-state index in [1.54, 1.807) is 25.3 Å². The number of benzene rings is 1. The lowest BCUT2D eigenvalue weighted by atomic mass is 10.0. The van der Waals surface area contributed by atoms with Crippen molar-refractivity contribution in [3.05, 3.63) is 58.1 Å². The maximum Gasteiger partial charge on any atom is 0.339 e. The van der Waals surface area contributed by atoms with E-state index >= 15 is 0 Å². The highest BCUT2D eigenvalue weighted by Gasteiger charge is 2.14. The van der Waals surface area contributed by atoms with Crippen LogP contribution in [0, 0.1) is 6.92 Å². The van der Waals surface area contributed by atoms with Crippen molar-refractivity contribution in [1.82, 2.24) is 4.98 Å². The fraction of sp³-hybridized carbons (Fsp3) is 0.211. The van der Waals surface area contributed by atoms with Crippen LogP contribution >= 0.6 is 0 Å². The van der Waals surface area contributed by atoms with Gasteiger partial charge in [-0.2, -0.15) is 0 Å². The third kappa shape index (κ3) is 3.51. The van der Waals surface area contributed by atoms with Gasteiger partial charge in [0.15, 0.2) is 11.6 Å². The number of nitrogens with zero attached hydrogens (tertiary/aromatic N) is 1. The fourth-order valence-corrected chi connectivity index (χ4v) is 2.72. The van der Waals surface area contributed by atoms with Crippen LogP contribution in [0.3, 0.4) is 0 Å². The predicted octanol–water partition coefficient (Wildman–Crippen LogP) is 2.78. The van der Waals surface area contributed by atoms with Gasteiger partial charge >= 0.3 is 5.63 Å². The maximum atomic E-state index is 12.3. The van der Waals surface area contributed by atoms with E-state index in [9.17, 15) is 14.7 Å². The first kappa shape index (κ1) is 17.5. The van der Waals surface area contributed by atoms with Crippen molar-refractivity contribution in [1.29, 1.82) is 0 Å². The number of hydrogen-bond donors (Lipinski definition) is 2. The quantitative estimate of drug-likeness (QED) is 0.683. The highest BCUT2D eigenvalue weighted by molar-refractivity contribution is 5.91. The van der Waals surface area contributed by atoms with Crippen LogP contribution in [-0.2, 0) is 11.2 Å². The van der Waals surface area contributed by atoms with Crippen LogP contribution in [0.4, 0.5) is 5.82 Å². The van der Waals surface area contributed by atoms with Gasteiger partial charge < -0.3 is 19.6 Å². The number of aryl methyl sites for hydroxylation is 1. The molecule has 1 amide bonds. The van der Waals surface area contributed by atoms with Crippen LogP contribution in [0.5, 0.6) is 11.5 Å². The lowest BCUT2D eigenvalue weighted by molar-refractivity contribution is -0.116. The van der Waals surface area contributed by atoms with E-state index < -0.39 is 5.63 Å². The first-order chi connectivity index (χ1) is 12.5. The predicted molar refractivity (Wildman–Crippen MR) is 96.6 cm³/mol. The van der Waals surface area contributed by atoms with Gasteiger partial charge in [0.2, 0.25) is 5.91 Å². The van der Waals surface area contributed by atoms with E-state index in [1.165, 1.54) is 12.3 Å². The Morgan fingerprint density at radius 2 is 2.15 bits per heavy atom. The van der Waals surface area contributed by atoms with Crippen molar-refractivity contribution in [3.8, 4) is 11.5 Å².